The number of H-pyrrole nitrogens is 1. The lowest BCUT2D eigenvalue weighted by Crippen LogP contribution is -2.03. The first-order valence-corrected chi connectivity index (χ1v) is 4.59. The highest BCUT2D eigenvalue weighted by Gasteiger charge is 2.09. The third-order valence-electron chi connectivity index (χ3n) is 2.18. The Kier molecular flexibility index (Phi) is 2.02. The number of halogens is 1. The van der Waals surface area contributed by atoms with Crippen LogP contribution in [0, 0.1) is 0 Å². The maximum atomic E-state index is 6.07. The van der Waals surface area contributed by atoms with Crippen LogP contribution >= 0.6 is 11.6 Å². The predicted octanol–water partition coefficient (Wildman–Crippen LogP) is 2.84. The standard InChI is InChI=1S/C10H11ClN2/c1-6(12)7-5-13-9-4-2-3-8(11)10(7)9/h2-6,13H,12H2,1H3. The highest BCUT2D eigenvalue weighted by molar-refractivity contribution is 6.35. The quantitative estimate of drug-likeness (QED) is 0.720. The summed E-state index contributed by atoms with van der Waals surface area (Å²) < 4.78 is 0. The fourth-order valence-electron chi connectivity index (χ4n) is 1.52. The van der Waals surface area contributed by atoms with Crippen molar-refractivity contribution in [3.63, 3.8) is 0 Å². The van der Waals surface area contributed by atoms with Gasteiger partial charge in [0.2, 0.25) is 0 Å². The molecule has 1 atom stereocenters. The number of nitrogens with two attached hydrogens (primary N) is 1. The summed E-state index contributed by atoms with van der Waals surface area (Å²) in [5, 5.41) is 1.80. The molecule has 0 saturated carbocycles. The van der Waals surface area contributed by atoms with Gasteiger partial charge in [0.1, 0.15) is 0 Å². The van der Waals surface area contributed by atoms with Crippen molar-refractivity contribution >= 4 is 22.5 Å². The molecule has 2 nitrogen and oxygen atoms in total. The zero-order chi connectivity index (χ0) is 9.42. The minimum absolute atomic E-state index is 0.00801. The fraction of sp³-hybridized carbons (Fsp3) is 0.200. The van der Waals surface area contributed by atoms with E-state index >= 15 is 0 Å². The van der Waals surface area contributed by atoms with Crippen LogP contribution in [-0.2, 0) is 0 Å². The number of nitrogens with one attached hydrogen (secondary N) is 1. The van der Waals surface area contributed by atoms with Crippen molar-refractivity contribution in [1.29, 1.82) is 0 Å². The summed E-state index contributed by atoms with van der Waals surface area (Å²) in [4.78, 5) is 3.15. The molecule has 3 heteroatoms. The van der Waals surface area contributed by atoms with Crippen LogP contribution in [0.15, 0.2) is 24.4 Å². The van der Waals surface area contributed by atoms with E-state index in [0.29, 0.717) is 0 Å². The van der Waals surface area contributed by atoms with Crippen LogP contribution in [-0.4, -0.2) is 4.98 Å². The molecule has 0 spiro atoms. The summed E-state index contributed by atoms with van der Waals surface area (Å²) in [6.07, 6.45) is 1.92. The summed E-state index contributed by atoms with van der Waals surface area (Å²) in [7, 11) is 0. The molecule has 0 radical (unpaired) electrons. The Hall–Kier alpha value is -0.990. The normalized spacial score (nSPS) is 13.5. The van der Waals surface area contributed by atoms with Crippen LogP contribution in [0.3, 0.4) is 0 Å². The molecule has 68 valence electrons. The topological polar surface area (TPSA) is 41.8 Å². The van der Waals surface area contributed by atoms with Gasteiger partial charge >= 0.3 is 0 Å². The fourth-order valence-corrected chi connectivity index (χ4v) is 1.81. The van der Waals surface area contributed by atoms with E-state index in [-0.39, 0.29) is 6.04 Å². The van der Waals surface area contributed by atoms with E-state index in [0.717, 1.165) is 21.5 Å². The highest BCUT2D eigenvalue weighted by Crippen LogP contribution is 2.29. The van der Waals surface area contributed by atoms with Crippen LogP contribution < -0.4 is 5.73 Å². The molecule has 0 aliphatic rings. The molecule has 0 aliphatic carbocycles. The molecule has 0 bridgehead atoms. The number of benzene rings is 1. The average molecular weight is 195 g/mol. The maximum Gasteiger partial charge on any atom is 0.0503 e. The molecule has 0 amide bonds. The smallest absolute Gasteiger partial charge is 0.0503 e. The second kappa shape index (κ2) is 3.05. The first kappa shape index (κ1) is 8.60. The zero-order valence-electron chi connectivity index (χ0n) is 7.34. The Morgan fingerprint density at radius 3 is 2.92 bits per heavy atom. The van der Waals surface area contributed by atoms with E-state index in [1.54, 1.807) is 0 Å². The molecule has 0 fully saturated rings. The van der Waals surface area contributed by atoms with Gasteiger partial charge in [0.05, 0.1) is 5.02 Å². The largest absolute Gasteiger partial charge is 0.361 e. The Bertz CT molecular complexity index is 431. The van der Waals surface area contributed by atoms with Gasteiger partial charge in [0.25, 0.3) is 0 Å². The van der Waals surface area contributed by atoms with Crippen LogP contribution in [0.1, 0.15) is 18.5 Å². The van der Waals surface area contributed by atoms with Gasteiger partial charge in [-0.05, 0) is 24.6 Å². The van der Waals surface area contributed by atoms with Gasteiger partial charge in [-0.15, -0.1) is 0 Å². The molecular formula is C10H11ClN2. The highest BCUT2D eigenvalue weighted by atomic mass is 35.5. The lowest BCUT2D eigenvalue weighted by atomic mass is 10.1. The van der Waals surface area contributed by atoms with E-state index in [2.05, 4.69) is 4.98 Å². The molecule has 0 aliphatic heterocycles. The van der Waals surface area contributed by atoms with Crippen LogP contribution in [0.2, 0.25) is 5.02 Å². The van der Waals surface area contributed by atoms with Crippen LogP contribution in [0.5, 0.6) is 0 Å². The molecule has 2 rings (SSSR count). The van der Waals surface area contributed by atoms with E-state index in [4.69, 9.17) is 17.3 Å². The Labute approximate surface area is 81.7 Å². The van der Waals surface area contributed by atoms with Gasteiger partial charge in [0, 0.05) is 23.1 Å². The van der Waals surface area contributed by atoms with Crippen molar-refractivity contribution in [2.75, 3.05) is 0 Å². The SMILES string of the molecule is CC(N)c1c[nH]c2cccc(Cl)c12. The van der Waals surface area contributed by atoms with Crippen molar-refractivity contribution in [2.45, 2.75) is 13.0 Å². The van der Waals surface area contributed by atoms with Gasteiger partial charge in [-0.3, -0.25) is 0 Å². The van der Waals surface area contributed by atoms with E-state index in [1.807, 2.05) is 31.3 Å². The molecule has 0 saturated heterocycles. The molecule has 13 heavy (non-hydrogen) atoms. The summed E-state index contributed by atoms with van der Waals surface area (Å²) >= 11 is 6.07. The van der Waals surface area contributed by atoms with Crippen molar-refractivity contribution < 1.29 is 0 Å². The predicted molar refractivity (Wildman–Crippen MR) is 55.9 cm³/mol. The van der Waals surface area contributed by atoms with Crippen molar-refractivity contribution in [1.82, 2.24) is 4.98 Å². The summed E-state index contributed by atoms with van der Waals surface area (Å²) in [6.45, 7) is 1.95. The van der Waals surface area contributed by atoms with Crippen molar-refractivity contribution in [3.05, 3.63) is 35.0 Å². The second-order valence-electron chi connectivity index (χ2n) is 3.20. The van der Waals surface area contributed by atoms with E-state index in [1.165, 1.54) is 0 Å². The minimum Gasteiger partial charge on any atom is -0.361 e. The monoisotopic (exact) mass is 194 g/mol. The molecule has 1 aromatic carbocycles. The number of fused-ring (bicyclic) bond motifs is 1. The summed E-state index contributed by atoms with van der Waals surface area (Å²) in [6, 6.07) is 5.80. The Morgan fingerprint density at radius 2 is 2.23 bits per heavy atom. The van der Waals surface area contributed by atoms with Gasteiger partial charge in [-0.1, -0.05) is 17.7 Å². The van der Waals surface area contributed by atoms with Gasteiger partial charge in [-0.2, -0.15) is 0 Å². The Balaban J connectivity index is 2.79. The van der Waals surface area contributed by atoms with Gasteiger partial charge in [0.15, 0.2) is 0 Å². The van der Waals surface area contributed by atoms with E-state index in [9.17, 15) is 0 Å². The average Bonchev–Trinajstić information content (AvgIpc) is 2.49. The number of hydrogen-bond acceptors (Lipinski definition) is 1. The lowest BCUT2D eigenvalue weighted by molar-refractivity contribution is 0.826. The number of aromatic nitrogens is 1. The third kappa shape index (κ3) is 1.32. The zero-order valence-corrected chi connectivity index (χ0v) is 8.10. The van der Waals surface area contributed by atoms with Crippen molar-refractivity contribution in [3.8, 4) is 0 Å². The minimum atomic E-state index is 0.00801. The molecule has 1 heterocycles. The van der Waals surface area contributed by atoms with Crippen LogP contribution in [0.4, 0.5) is 0 Å². The molecule has 1 unspecified atom stereocenters. The third-order valence-corrected chi connectivity index (χ3v) is 2.49. The summed E-state index contributed by atoms with van der Waals surface area (Å²) in [5.74, 6) is 0. The van der Waals surface area contributed by atoms with Gasteiger partial charge in [-0.25, -0.2) is 0 Å². The van der Waals surface area contributed by atoms with Gasteiger partial charge < -0.3 is 10.7 Å². The first-order chi connectivity index (χ1) is 6.20. The molecular weight excluding hydrogens is 184 g/mol. The maximum absolute atomic E-state index is 6.07. The first-order valence-electron chi connectivity index (χ1n) is 4.21. The lowest BCUT2D eigenvalue weighted by Gasteiger charge is -2.03. The van der Waals surface area contributed by atoms with Crippen LogP contribution in [0.25, 0.3) is 10.9 Å². The van der Waals surface area contributed by atoms with E-state index < -0.39 is 0 Å². The van der Waals surface area contributed by atoms with Crippen molar-refractivity contribution in [2.24, 2.45) is 5.73 Å². The molecule has 2 aromatic rings. The Morgan fingerprint density at radius 1 is 1.46 bits per heavy atom. The molecule has 1 aromatic heterocycles. The second-order valence-corrected chi connectivity index (χ2v) is 3.60. The number of aromatic amines is 1. The summed E-state index contributed by atoms with van der Waals surface area (Å²) in [5.41, 5.74) is 7.93. The number of hydrogen-bond donors (Lipinski definition) is 2. The molecule has 3 N–H and O–H groups in total. The number of rotatable bonds is 1.